The predicted molar refractivity (Wildman–Crippen MR) is 493 cm³/mol. The number of nitrogens with one attached hydrogen (secondary N) is 1. The molecule has 0 saturated heterocycles. The standard InChI is InChI=1S/C12H32N3.2C9H22NO4.C9H13N.C8H10O.C7H17NO4.C7H18NO.C6H16NS.C6H14O.C5H13NO.C5H12O2.C4H11N/c1-13(2,3)9-11-15(7,8)12-10-14(4,5)6;1-8(14)4-10(2,3)9(5-11,6-12)7-13;1-9(14)8-10(2-5-11,3-6-12)4-7-13;1-2-3-8-4-6-9(10)7-5-8;1-2-9-8-6-4-3-5-7-8;1-6(12)2-8-7(3-9,4-10)5-11;1-8(2,3)6-4-5-7-9;1-7(2,3)5-6-8-4;1-2-3-4-5-6-7;2*1-2-5(3-6)4-7;1-2-3-4-5/h9-12H2,1-8H3;8,11-14H,4-7H2,1-3H3;9,11-14H,2-8H2,1H3;4-7H,2-3,10H2,1H3;3-7H,2H2,1H3;6,8-12H,2-5H2,1H3;9H,4-7H2,1-3H3;5-6H2,1-4H3;7H,2-6H2,1H3;5,7H,2-4,6H2,1H3;5-7H,2-4H2,1H3;2-5H2,1H3/q+3;2*+1;;;;2*+1;;;;. The van der Waals surface area contributed by atoms with Crippen molar-refractivity contribution in [1.29, 1.82) is 0 Å². The van der Waals surface area contributed by atoms with Crippen LogP contribution < -0.4 is 27.3 Å². The van der Waals surface area contributed by atoms with Gasteiger partial charge in [-0.3, -0.25) is 0 Å². The van der Waals surface area contributed by atoms with Gasteiger partial charge in [-0.1, -0.05) is 97.1 Å². The quantitative estimate of drug-likeness (QED) is 0.0257. The SMILES string of the molecule is CC(O)CNC(CO)(CO)CO.CC(O)C[N+](C)(C)C(CO)(CO)CO.CC(O)C[N+](CCO)(CCO)CCO.CCC(CN)CO.CCC(CO)CO.CCCCCCO.CCCCN.CCCc1ccc(N)cc1.CCOc1ccccc1.CSCC[N+](C)(C)C.C[N+](C)(C)CCCCO.C[N+](C)(C)CC[N+](C)(C)CC[N+](C)(C)C. The van der Waals surface area contributed by atoms with Crippen LogP contribution in [0.1, 0.15) is 139 Å². The third kappa shape index (κ3) is 98.6. The molecule has 0 radical (unpaired) electrons. The van der Waals surface area contributed by atoms with Gasteiger partial charge in [-0.25, -0.2) is 0 Å². The van der Waals surface area contributed by atoms with E-state index in [4.69, 9.17) is 83.2 Å². The summed E-state index contributed by atoms with van der Waals surface area (Å²) in [6, 6.07) is 17.9. The summed E-state index contributed by atoms with van der Waals surface area (Å²) in [6.45, 7) is 28.3. The lowest BCUT2D eigenvalue weighted by Gasteiger charge is -2.46. The summed E-state index contributed by atoms with van der Waals surface area (Å²) < 4.78 is 11.1. The number of unbranched alkanes of at least 4 members (excludes halogenated alkanes) is 5. The Hall–Kier alpha value is -2.69. The van der Waals surface area contributed by atoms with E-state index in [1.807, 2.05) is 75.0 Å². The molecule has 0 spiro atoms. The zero-order valence-electron chi connectivity index (χ0n) is 80.1. The molecule has 4 atom stereocenters. The Labute approximate surface area is 721 Å². The molecule has 0 saturated carbocycles. The summed E-state index contributed by atoms with van der Waals surface area (Å²) in [4.78, 5) is 0. The van der Waals surface area contributed by atoms with Crippen LogP contribution in [0.5, 0.6) is 5.75 Å². The van der Waals surface area contributed by atoms with Gasteiger partial charge in [0.25, 0.3) is 0 Å². The van der Waals surface area contributed by atoms with E-state index in [1.54, 1.807) is 34.9 Å². The Bertz CT molecular complexity index is 2150. The number of β-amino-alcohol motifs (C(OH)–C–C–N with tert-alkyl or cyclic N) is 1. The van der Waals surface area contributed by atoms with Crippen LogP contribution in [0.4, 0.5) is 5.69 Å². The van der Waals surface area contributed by atoms with Crippen molar-refractivity contribution in [3.8, 4) is 5.75 Å². The summed E-state index contributed by atoms with van der Waals surface area (Å²) in [5.74, 6) is 2.63. The second-order valence-corrected chi connectivity index (χ2v) is 36.5. The van der Waals surface area contributed by atoms with E-state index in [-0.39, 0.29) is 96.2 Å². The van der Waals surface area contributed by atoms with Crippen molar-refractivity contribution >= 4 is 17.4 Å². The first-order chi connectivity index (χ1) is 54.4. The lowest BCUT2D eigenvalue weighted by Crippen LogP contribution is -2.67. The summed E-state index contributed by atoms with van der Waals surface area (Å²) >= 11 is 1.91. The van der Waals surface area contributed by atoms with E-state index in [0.717, 1.165) is 92.1 Å². The molecule has 0 aliphatic rings. The molecule has 0 aliphatic carbocycles. The maximum absolute atomic E-state index is 9.31. The Morgan fingerprint density at radius 1 is 0.427 bits per heavy atom. The first kappa shape index (κ1) is 135. The Morgan fingerprint density at radius 2 is 0.829 bits per heavy atom. The number of hydrogen-bond donors (Lipinski definition) is 21. The second kappa shape index (κ2) is 85.5. The van der Waals surface area contributed by atoms with Gasteiger partial charge < -0.3 is 145 Å². The average Bonchev–Trinajstić information content (AvgIpc) is 0.800. The van der Waals surface area contributed by atoms with Crippen molar-refractivity contribution in [2.75, 3.05) is 321 Å². The molecule has 29 nitrogen and oxygen atoms in total. The van der Waals surface area contributed by atoms with Crippen molar-refractivity contribution in [3.05, 3.63) is 60.2 Å². The normalized spacial score (nSPS) is 12.6. The number of ether oxygens (including phenoxy) is 1. The molecule has 24 N–H and O–H groups in total. The topological polar surface area (TPSA) is 443 Å². The first-order valence-corrected chi connectivity index (χ1v) is 44.2. The maximum atomic E-state index is 9.31. The molecule has 117 heavy (non-hydrogen) atoms. The van der Waals surface area contributed by atoms with Gasteiger partial charge in [-0.05, 0) is 128 Å². The van der Waals surface area contributed by atoms with Gasteiger partial charge in [0.15, 0.2) is 5.54 Å². The van der Waals surface area contributed by atoms with Gasteiger partial charge in [-0.2, -0.15) is 11.8 Å². The maximum Gasteiger partial charge on any atom is 0.169 e. The second-order valence-electron chi connectivity index (χ2n) is 35.5. The Balaban J connectivity index is -0.000000135. The van der Waals surface area contributed by atoms with Crippen LogP contribution in [-0.2, 0) is 6.42 Å². The number of nitrogens with zero attached hydrogens (tertiary/aromatic N) is 7. The molecule has 0 fully saturated rings. The smallest absolute Gasteiger partial charge is 0.169 e. The number of aliphatic hydroxyl groups excluding tert-OH is 17. The van der Waals surface area contributed by atoms with Crippen LogP contribution in [0, 0.1) is 11.8 Å². The molecule has 0 amide bonds. The van der Waals surface area contributed by atoms with Crippen LogP contribution >= 0.6 is 11.8 Å². The van der Waals surface area contributed by atoms with Crippen molar-refractivity contribution in [2.45, 2.75) is 169 Å². The number of aliphatic hydroxyl groups is 17. The van der Waals surface area contributed by atoms with Crippen LogP contribution in [0.2, 0.25) is 0 Å². The van der Waals surface area contributed by atoms with Crippen molar-refractivity contribution in [1.82, 2.24) is 5.32 Å². The minimum absolute atomic E-state index is 0.00722. The molecule has 4 unspecified atom stereocenters. The molecule has 0 aliphatic heterocycles. The molecule has 0 heterocycles. The Morgan fingerprint density at radius 3 is 1.08 bits per heavy atom. The van der Waals surface area contributed by atoms with Gasteiger partial charge in [0, 0.05) is 56.9 Å². The molecule has 2 rings (SSSR count). The number of benzene rings is 2. The molecule has 2 aromatic carbocycles. The number of nitrogen functional groups attached to an aromatic ring is 1. The predicted octanol–water partition coefficient (Wildman–Crippen LogP) is 2.56. The number of para-hydroxylation sites is 1. The zero-order valence-corrected chi connectivity index (χ0v) is 80.9. The van der Waals surface area contributed by atoms with Crippen LogP contribution in [-0.4, -0.2) is 463 Å². The van der Waals surface area contributed by atoms with E-state index < -0.39 is 29.4 Å². The summed E-state index contributed by atoms with van der Waals surface area (Å²) in [6.07, 6.45) is 13.8. The minimum Gasteiger partial charge on any atom is -0.494 e. The van der Waals surface area contributed by atoms with Gasteiger partial charge >= 0.3 is 0 Å². The van der Waals surface area contributed by atoms with E-state index in [9.17, 15) is 25.5 Å². The van der Waals surface area contributed by atoms with E-state index >= 15 is 0 Å². The first-order valence-electron chi connectivity index (χ1n) is 42.8. The molecule has 0 bridgehead atoms. The molecular formula is C87H200N11O18S+7. The number of thioether (sulfide) groups is 1. The van der Waals surface area contributed by atoms with Gasteiger partial charge in [0.05, 0.1) is 184 Å². The molecule has 30 heteroatoms. The highest BCUT2D eigenvalue weighted by Gasteiger charge is 2.45. The third-order valence-corrected chi connectivity index (χ3v) is 18.9. The number of hydrogen-bond acceptors (Lipinski definition) is 23. The number of aryl methyl sites for hydroxylation is 1. The van der Waals surface area contributed by atoms with Crippen LogP contribution in [0.3, 0.4) is 0 Å². The average molecular weight is 1720 g/mol. The van der Waals surface area contributed by atoms with Crippen molar-refractivity contribution in [2.24, 2.45) is 23.3 Å². The zero-order chi connectivity index (χ0) is 93.3. The van der Waals surface area contributed by atoms with Crippen LogP contribution in [0.25, 0.3) is 0 Å². The fraction of sp³-hybridized carbons (Fsp3) is 0.862. The third-order valence-electron chi connectivity index (χ3n) is 18.3. The molecule has 0 aromatic heterocycles. The largest absolute Gasteiger partial charge is 0.494 e. The number of anilines is 1. The van der Waals surface area contributed by atoms with E-state index in [1.165, 1.54) is 82.6 Å². The van der Waals surface area contributed by atoms with Gasteiger partial charge in [-0.15, -0.1) is 0 Å². The highest BCUT2D eigenvalue weighted by Crippen LogP contribution is 2.21. The number of quaternary nitrogens is 7. The highest BCUT2D eigenvalue weighted by atomic mass is 32.2. The number of nitrogens with two attached hydrogens (primary N) is 3. The molecular weight excluding hydrogens is 1520 g/mol. The molecule has 2 aromatic rings. The fourth-order valence-electron chi connectivity index (χ4n) is 9.47. The van der Waals surface area contributed by atoms with Gasteiger partial charge in [0.2, 0.25) is 0 Å². The highest BCUT2D eigenvalue weighted by molar-refractivity contribution is 7.98. The van der Waals surface area contributed by atoms with E-state index in [2.05, 4.69) is 143 Å². The summed E-state index contributed by atoms with van der Waals surface area (Å²) in [5.41, 5.74) is 16.0. The van der Waals surface area contributed by atoms with Crippen LogP contribution in [0.15, 0.2) is 54.6 Å². The summed E-state index contributed by atoms with van der Waals surface area (Å²) in [5, 5.41) is 153. The van der Waals surface area contributed by atoms with Crippen molar-refractivity contribution < 1.29 is 123 Å². The Kier molecular flexibility index (Phi) is 98.5. The number of likely N-dealkylation sites (N-methyl/N-ethyl adjacent to an activating group) is 4. The lowest BCUT2D eigenvalue weighted by molar-refractivity contribution is -0.959. The number of rotatable bonds is 49. The lowest BCUT2D eigenvalue weighted by atomic mass is 9.97. The molecule has 710 valence electrons. The monoisotopic (exact) mass is 1720 g/mol. The van der Waals surface area contributed by atoms with Gasteiger partial charge in [0.1, 0.15) is 96.7 Å². The summed E-state index contributed by atoms with van der Waals surface area (Å²) in [7, 11) is 34.9. The minimum atomic E-state index is -1.09. The van der Waals surface area contributed by atoms with E-state index in [0.29, 0.717) is 62.9 Å². The fourth-order valence-corrected chi connectivity index (χ4v) is 10.2. The van der Waals surface area contributed by atoms with Crippen molar-refractivity contribution in [3.63, 3.8) is 0 Å².